The van der Waals surface area contributed by atoms with E-state index in [1.165, 1.54) is 6.08 Å². The van der Waals surface area contributed by atoms with Crippen LogP contribution in [0.15, 0.2) is 48.5 Å². The van der Waals surface area contributed by atoms with E-state index in [9.17, 15) is 9.59 Å². The predicted molar refractivity (Wildman–Crippen MR) is 102 cm³/mol. The van der Waals surface area contributed by atoms with Crippen molar-refractivity contribution >= 4 is 23.6 Å². The first-order chi connectivity index (χ1) is 12.5. The Morgan fingerprint density at radius 3 is 2.46 bits per heavy atom. The van der Waals surface area contributed by atoms with Gasteiger partial charge >= 0.3 is 5.97 Å². The molecule has 1 amide bonds. The maximum atomic E-state index is 11.9. The Labute approximate surface area is 153 Å². The van der Waals surface area contributed by atoms with Gasteiger partial charge in [-0.15, -0.1) is 0 Å². The van der Waals surface area contributed by atoms with Gasteiger partial charge in [-0.3, -0.25) is 4.79 Å². The van der Waals surface area contributed by atoms with E-state index in [0.29, 0.717) is 18.0 Å². The van der Waals surface area contributed by atoms with E-state index in [0.717, 1.165) is 16.7 Å². The normalized spacial score (nSPS) is 10.6. The van der Waals surface area contributed by atoms with Crippen LogP contribution in [0.3, 0.4) is 0 Å². The molecule has 0 aliphatic heterocycles. The molecule has 26 heavy (non-hydrogen) atoms. The summed E-state index contributed by atoms with van der Waals surface area (Å²) in [5.41, 5.74) is 3.55. The van der Waals surface area contributed by atoms with Crippen molar-refractivity contribution < 1.29 is 19.1 Å². The Hall–Kier alpha value is -3.08. The zero-order valence-corrected chi connectivity index (χ0v) is 15.2. The molecular weight excluding hydrogens is 330 g/mol. The SMILES string of the molecule is CCOc1ccccc1C=CC(=O)OCC(=O)Nc1cc(C)cc(C)c1. The molecule has 0 unspecified atom stereocenters. The molecule has 0 saturated carbocycles. The van der Waals surface area contributed by atoms with Gasteiger partial charge < -0.3 is 14.8 Å². The van der Waals surface area contributed by atoms with Crippen LogP contribution in [0, 0.1) is 13.8 Å². The summed E-state index contributed by atoms with van der Waals surface area (Å²) in [6.07, 6.45) is 2.89. The molecule has 0 bridgehead atoms. The predicted octanol–water partition coefficient (Wildman–Crippen LogP) is 3.90. The average Bonchev–Trinajstić information content (AvgIpc) is 2.58. The third kappa shape index (κ3) is 6.09. The van der Waals surface area contributed by atoms with Crippen LogP contribution in [0.25, 0.3) is 6.08 Å². The summed E-state index contributed by atoms with van der Waals surface area (Å²) in [6, 6.07) is 13.1. The van der Waals surface area contributed by atoms with Crippen LogP contribution in [0.4, 0.5) is 5.69 Å². The van der Waals surface area contributed by atoms with Crippen molar-refractivity contribution in [2.75, 3.05) is 18.5 Å². The summed E-state index contributed by atoms with van der Waals surface area (Å²) in [6.45, 7) is 5.99. The summed E-state index contributed by atoms with van der Waals surface area (Å²) in [4.78, 5) is 23.7. The number of carbonyl (C=O) groups is 2. The highest BCUT2D eigenvalue weighted by Crippen LogP contribution is 2.19. The summed E-state index contributed by atoms with van der Waals surface area (Å²) in [5, 5.41) is 2.72. The Morgan fingerprint density at radius 2 is 1.77 bits per heavy atom. The van der Waals surface area contributed by atoms with Crippen molar-refractivity contribution in [3.05, 3.63) is 65.2 Å². The molecule has 0 saturated heterocycles. The number of amides is 1. The molecule has 0 aliphatic carbocycles. The second-order valence-electron chi connectivity index (χ2n) is 5.84. The monoisotopic (exact) mass is 353 g/mol. The summed E-state index contributed by atoms with van der Waals surface area (Å²) in [7, 11) is 0. The summed E-state index contributed by atoms with van der Waals surface area (Å²) in [5.74, 6) is -0.287. The van der Waals surface area contributed by atoms with Crippen LogP contribution in [0.1, 0.15) is 23.6 Å². The van der Waals surface area contributed by atoms with Gasteiger partial charge in [0.2, 0.25) is 0 Å². The van der Waals surface area contributed by atoms with Crippen LogP contribution in [0.2, 0.25) is 0 Å². The van der Waals surface area contributed by atoms with Gasteiger partial charge in [-0.1, -0.05) is 24.3 Å². The second kappa shape index (κ2) is 9.42. The number of aryl methyl sites for hydroxylation is 2. The molecule has 0 heterocycles. The number of carbonyl (C=O) groups excluding carboxylic acids is 2. The second-order valence-corrected chi connectivity index (χ2v) is 5.84. The minimum atomic E-state index is -0.591. The van der Waals surface area contributed by atoms with E-state index >= 15 is 0 Å². The lowest BCUT2D eigenvalue weighted by atomic mass is 10.1. The van der Waals surface area contributed by atoms with Gasteiger partial charge in [-0.25, -0.2) is 4.79 Å². The first-order valence-corrected chi connectivity index (χ1v) is 8.42. The highest BCUT2D eigenvalue weighted by atomic mass is 16.5. The molecular formula is C21H23NO4. The molecule has 2 rings (SSSR count). The van der Waals surface area contributed by atoms with Crippen LogP contribution >= 0.6 is 0 Å². The Balaban J connectivity index is 1.87. The van der Waals surface area contributed by atoms with Gasteiger partial charge in [-0.2, -0.15) is 0 Å². The van der Waals surface area contributed by atoms with Crippen molar-refractivity contribution in [1.82, 2.24) is 0 Å². The number of nitrogens with one attached hydrogen (secondary N) is 1. The first-order valence-electron chi connectivity index (χ1n) is 8.42. The molecule has 0 radical (unpaired) electrons. The topological polar surface area (TPSA) is 64.6 Å². The van der Waals surface area contributed by atoms with Gasteiger partial charge in [0.1, 0.15) is 5.75 Å². The van der Waals surface area contributed by atoms with Gasteiger partial charge in [0.05, 0.1) is 6.61 Å². The lowest BCUT2D eigenvalue weighted by Gasteiger charge is -2.08. The van der Waals surface area contributed by atoms with E-state index in [1.807, 2.05) is 63.2 Å². The van der Waals surface area contributed by atoms with Crippen molar-refractivity contribution in [1.29, 1.82) is 0 Å². The van der Waals surface area contributed by atoms with Crippen LogP contribution in [-0.4, -0.2) is 25.1 Å². The summed E-state index contributed by atoms with van der Waals surface area (Å²) < 4.78 is 10.5. The number of esters is 1. The fourth-order valence-corrected chi connectivity index (χ4v) is 2.49. The van der Waals surface area contributed by atoms with Crippen LogP contribution < -0.4 is 10.1 Å². The van der Waals surface area contributed by atoms with E-state index in [-0.39, 0.29) is 12.5 Å². The number of ether oxygens (including phenoxy) is 2. The molecule has 5 nitrogen and oxygen atoms in total. The molecule has 1 N–H and O–H groups in total. The van der Waals surface area contributed by atoms with Crippen LogP contribution in [0.5, 0.6) is 5.75 Å². The number of hydrogen-bond donors (Lipinski definition) is 1. The molecule has 0 aromatic heterocycles. The lowest BCUT2D eigenvalue weighted by molar-refractivity contribution is -0.142. The molecule has 0 atom stereocenters. The van der Waals surface area contributed by atoms with E-state index in [1.54, 1.807) is 6.08 Å². The zero-order valence-electron chi connectivity index (χ0n) is 15.2. The number of benzene rings is 2. The molecule has 0 aliphatic rings. The Kier molecular flexibility index (Phi) is 6.97. The van der Waals surface area contributed by atoms with Crippen molar-refractivity contribution in [3.63, 3.8) is 0 Å². The maximum Gasteiger partial charge on any atom is 0.331 e. The highest BCUT2D eigenvalue weighted by Gasteiger charge is 2.07. The highest BCUT2D eigenvalue weighted by molar-refractivity contribution is 5.94. The molecule has 136 valence electrons. The number of anilines is 1. The van der Waals surface area contributed by atoms with Gasteiger partial charge in [0.15, 0.2) is 6.61 Å². The van der Waals surface area contributed by atoms with Crippen molar-refractivity contribution in [3.8, 4) is 5.75 Å². The smallest absolute Gasteiger partial charge is 0.331 e. The number of rotatable bonds is 7. The zero-order chi connectivity index (χ0) is 18.9. The van der Waals surface area contributed by atoms with Crippen LogP contribution in [-0.2, 0) is 14.3 Å². The maximum absolute atomic E-state index is 11.9. The van der Waals surface area contributed by atoms with Gasteiger partial charge in [-0.05, 0) is 56.2 Å². The fourth-order valence-electron chi connectivity index (χ4n) is 2.49. The van der Waals surface area contributed by atoms with Gasteiger partial charge in [0.25, 0.3) is 5.91 Å². The minimum absolute atomic E-state index is 0.344. The van der Waals surface area contributed by atoms with E-state index in [2.05, 4.69) is 5.32 Å². The molecule has 5 heteroatoms. The fraction of sp³-hybridized carbons (Fsp3) is 0.238. The molecule has 2 aromatic carbocycles. The molecule has 0 spiro atoms. The van der Waals surface area contributed by atoms with E-state index in [4.69, 9.17) is 9.47 Å². The quantitative estimate of drug-likeness (QED) is 0.606. The number of hydrogen-bond acceptors (Lipinski definition) is 4. The molecule has 2 aromatic rings. The van der Waals surface area contributed by atoms with Crippen molar-refractivity contribution in [2.45, 2.75) is 20.8 Å². The minimum Gasteiger partial charge on any atom is -0.493 e. The standard InChI is InChI=1S/C21H23NO4/c1-4-25-19-8-6-5-7-17(19)9-10-21(24)26-14-20(23)22-18-12-15(2)11-16(3)13-18/h5-13H,4,14H2,1-3H3,(H,22,23). The lowest BCUT2D eigenvalue weighted by Crippen LogP contribution is -2.20. The average molecular weight is 353 g/mol. The third-order valence-corrected chi connectivity index (χ3v) is 3.47. The Morgan fingerprint density at radius 1 is 1.08 bits per heavy atom. The molecule has 0 fully saturated rings. The Bertz CT molecular complexity index is 791. The first kappa shape index (κ1) is 19.2. The number of para-hydroxylation sites is 1. The largest absolute Gasteiger partial charge is 0.493 e. The van der Waals surface area contributed by atoms with Gasteiger partial charge in [0, 0.05) is 17.3 Å². The van der Waals surface area contributed by atoms with E-state index < -0.39 is 5.97 Å². The van der Waals surface area contributed by atoms with Crippen molar-refractivity contribution in [2.24, 2.45) is 0 Å². The third-order valence-electron chi connectivity index (χ3n) is 3.47. The summed E-state index contributed by atoms with van der Waals surface area (Å²) >= 11 is 0.